The van der Waals surface area contributed by atoms with Gasteiger partial charge in [0.1, 0.15) is 0 Å². The Morgan fingerprint density at radius 1 is 0.181 bits per heavy atom. The second kappa shape index (κ2) is 34.5. The Kier molecular flexibility index (Phi) is 25.1. The minimum Gasteiger partial charge on any atom is -0.355 e. The summed E-state index contributed by atoms with van der Waals surface area (Å²) in [5.41, 5.74) is 41.6. The third-order valence-corrected chi connectivity index (χ3v) is 68.4. The number of hydrogen-bond acceptors (Lipinski definition) is 4. The Morgan fingerprint density at radius 2 is 0.368 bits per heavy atom. The number of aromatic amines is 4. The number of nitrogens with zero attached hydrogens (tertiary/aromatic N) is 4. The molecule has 12 heteroatoms. The molecule has 0 saturated carbocycles. The van der Waals surface area contributed by atoms with Crippen LogP contribution in [0.3, 0.4) is 0 Å². The summed E-state index contributed by atoms with van der Waals surface area (Å²) in [5.74, 6) is 0. The van der Waals surface area contributed by atoms with Gasteiger partial charge in [-0.15, -0.1) is 0 Å². The standard InChI is InChI=1S/C132H168N8Si4/c1-121(2,3)83-53-77(54-84(65-83)122(4,5)6)113-97-47-45-95(133-97)71-103-109-73-105(137-103)115(79-57-87(125(13,14)15)67-88(58-79)126(16,17)18)107-75-111(119(139-107)117(101-51-49-99(113)135-101)81-61-91(129(25,26)27)69-92(62-81)130(28,29)30)143(41,42)144(43,44)112-76-108-116(80-59-89(127(19,20)21)68-90(60-80)128(22,23)24)106-74-110(142(39,40)141(109,37)38)104(138-106)72-96-46-48-98(134-96)114(78-55-85(123(7,8)9)66-86(56-78)124(10,11)12)100-50-52-102(136-100)118(120(112)140-108)82-63-93(131(31,32)33)70-94(64-82)132(34,35)36/h45-76,135-138H,1-44H3. The predicted molar refractivity (Wildman–Crippen MR) is 642 cm³/mol. The van der Waals surface area contributed by atoms with Crippen LogP contribution in [0.15, 0.2) is 158 Å². The van der Waals surface area contributed by atoms with Gasteiger partial charge < -0.3 is 19.9 Å². The summed E-state index contributed by atoms with van der Waals surface area (Å²) in [4.78, 5) is 43.8. The predicted octanol–water partition coefficient (Wildman–Crippen LogP) is 36.1. The van der Waals surface area contributed by atoms with Crippen LogP contribution in [0, 0.1) is 0 Å². The average molecular weight is 1980 g/mol. The Morgan fingerprint density at radius 3 is 0.576 bits per heavy atom. The van der Waals surface area contributed by atoms with Gasteiger partial charge in [0.05, 0.1) is 75.9 Å². The van der Waals surface area contributed by atoms with Crippen LogP contribution in [-0.2, 0) is 65.0 Å². The molecule has 0 fully saturated rings. The fourth-order valence-electron chi connectivity index (χ4n) is 21.5. The molecule has 5 aliphatic heterocycles. The summed E-state index contributed by atoms with van der Waals surface area (Å²) >= 11 is 0. The van der Waals surface area contributed by atoms with Crippen LogP contribution in [-0.4, -0.2) is 70.2 Å². The molecule has 8 nitrogen and oxygen atoms in total. The van der Waals surface area contributed by atoms with Crippen LogP contribution in [0.25, 0.3) is 158 Å². The molecule has 20 bridgehead atoms. The van der Waals surface area contributed by atoms with E-state index in [2.05, 4.69) is 516 Å². The highest BCUT2D eigenvalue weighted by molar-refractivity contribution is 7.53. The summed E-state index contributed by atoms with van der Waals surface area (Å²) in [6.45, 7) is 108. The van der Waals surface area contributed by atoms with Crippen molar-refractivity contribution < 1.29 is 0 Å². The molecule has 0 radical (unpaired) electrons. The molecule has 5 aliphatic rings. The minimum atomic E-state index is -3.35. The molecule has 0 aliphatic carbocycles. The monoisotopic (exact) mass is 1980 g/mol. The fourth-order valence-corrected chi connectivity index (χ4v) is 39.9. The van der Waals surface area contributed by atoms with Gasteiger partial charge in [-0.25, -0.2) is 19.9 Å². The third-order valence-electron chi connectivity index (χ3n) is 33.2. The Bertz CT molecular complexity index is 7170. The van der Waals surface area contributed by atoms with Gasteiger partial charge in [0.25, 0.3) is 0 Å². The van der Waals surface area contributed by atoms with Crippen molar-refractivity contribution in [2.45, 2.75) is 367 Å². The SMILES string of the molecule is CC(C)(C)c1cc(-c2c3nc4c(-c5cc(C(C)(C)C)cc(C(C)(C)C)c5)c5ccc([nH]5)c(-c5cc(C(C)(C)C)cc(C(C)(C)C)c5)c5nc(cc6[nH]c2cc6[Si](C)(C)[Si](C)(C)c2cc6[nH]c2cc2nc(c(-c7cc(C(C)(C)C)cc(C(C)(C)C)c7)c7ccc([nH]7)c(-c7cc(C(C)(C)C)cc(C(C)(C)C)c7)c7nc(c6-c6cc(C(C)(C)C)cc(C(C)(C)C)c6)C=C7[Si](C)(C)[Si](C)(C)C4=C3)C=C2)C=C5)cc(C(C)(C)C)c1. The van der Waals surface area contributed by atoms with Gasteiger partial charge in [-0.3, -0.25) is 0 Å². The molecule has 752 valence electrons. The van der Waals surface area contributed by atoms with E-state index in [0.29, 0.717) is 0 Å². The van der Waals surface area contributed by atoms with Crippen molar-refractivity contribution in [1.82, 2.24) is 39.9 Å². The second-order valence-electron chi connectivity index (χ2n) is 57.7. The van der Waals surface area contributed by atoms with E-state index in [9.17, 15) is 0 Å². The van der Waals surface area contributed by atoms with Crippen LogP contribution in [0.2, 0.25) is 52.4 Å². The van der Waals surface area contributed by atoms with E-state index in [0.717, 1.165) is 156 Å². The molecule has 0 atom stereocenters. The first-order valence-electron chi connectivity index (χ1n) is 53.3. The quantitative estimate of drug-likeness (QED) is 0.124. The lowest BCUT2D eigenvalue weighted by atomic mass is 9.78. The van der Waals surface area contributed by atoms with Gasteiger partial charge in [0, 0.05) is 77.5 Å². The highest BCUT2D eigenvalue weighted by Crippen LogP contribution is 2.55. The molecule has 144 heavy (non-hydrogen) atoms. The van der Waals surface area contributed by atoms with Gasteiger partial charge >= 0.3 is 0 Å². The fraction of sp³-hybridized carbons (Fsp3) is 0.424. The topological polar surface area (TPSA) is 115 Å². The van der Waals surface area contributed by atoms with Gasteiger partial charge in [0.2, 0.25) is 0 Å². The highest BCUT2D eigenvalue weighted by atomic mass is 29.3. The molecule has 17 rings (SSSR count). The maximum atomic E-state index is 6.87. The van der Waals surface area contributed by atoms with Crippen LogP contribution in [0.1, 0.15) is 362 Å². The van der Waals surface area contributed by atoms with Crippen molar-refractivity contribution in [2.75, 3.05) is 0 Å². The third kappa shape index (κ3) is 19.4. The molecule has 6 aromatic carbocycles. The molecular weight excluding hydrogens is 1810 g/mol. The van der Waals surface area contributed by atoms with E-state index < -0.39 is 30.4 Å². The Balaban J connectivity index is 1.19. The van der Waals surface area contributed by atoms with Crippen molar-refractivity contribution >= 4 is 132 Å². The van der Waals surface area contributed by atoms with E-state index in [4.69, 9.17) is 19.9 Å². The molecule has 0 unspecified atom stereocenters. The normalized spacial score (nSPS) is 15.9. The summed E-state index contributed by atoms with van der Waals surface area (Å²) in [7, 11) is -12.8. The van der Waals surface area contributed by atoms with Crippen molar-refractivity contribution in [2.24, 2.45) is 0 Å². The first-order valence-corrected chi connectivity index (χ1v) is 67.3. The van der Waals surface area contributed by atoms with Gasteiger partial charge in [0.15, 0.2) is 0 Å². The maximum Gasteiger partial charge on any atom is 0.0822 e. The Hall–Kier alpha value is -10.6. The molecule has 4 N–H and O–H groups in total. The van der Waals surface area contributed by atoms with Crippen molar-refractivity contribution in [3.05, 3.63) is 270 Å². The number of H-pyrrole nitrogens is 4. The first kappa shape index (κ1) is 105. The maximum absolute atomic E-state index is 6.87. The number of fused-ring (bicyclic) bond motifs is 18. The second-order valence-corrected chi connectivity index (χ2v) is 87.9. The molecule has 6 aromatic heterocycles. The number of nitrogens with one attached hydrogen (secondary N) is 4. The lowest BCUT2D eigenvalue weighted by Crippen LogP contribution is -2.68. The number of benzene rings is 6. The molecule has 0 spiro atoms. The minimum absolute atomic E-state index is 0.179. The zero-order valence-electron chi connectivity index (χ0n) is 96.3. The van der Waals surface area contributed by atoms with Crippen LogP contribution < -0.4 is 10.4 Å². The smallest absolute Gasteiger partial charge is 0.0822 e. The largest absolute Gasteiger partial charge is 0.355 e. The summed E-state index contributed by atoms with van der Waals surface area (Å²) in [6.07, 6.45) is 14.6. The van der Waals surface area contributed by atoms with Gasteiger partial charge in [-0.1, -0.05) is 411 Å². The molecule has 12 aromatic rings. The van der Waals surface area contributed by atoms with Crippen molar-refractivity contribution in [3.8, 4) is 66.8 Å². The average Bonchev–Trinajstić information content (AvgIpc) is 1.54. The lowest BCUT2D eigenvalue weighted by molar-refractivity contribution is 0.568. The van der Waals surface area contributed by atoms with Gasteiger partial charge in [-0.2, -0.15) is 0 Å². The zero-order valence-corrected chi connectivity index (χ0v) is 100. The van der Waals surface area contributed by atoms with Crippen LogP contribution >= 0.6 is 0 Å². The highest BCUT2D eigenvalue weighted by Gasteiger charge is 2.53. The lowest BCUT2D eigenvalue weighted by Gasteiger charge is -2.41. The number of hydrogen-bond donors (Lipinski definition) is 4. The molecule has 0 amide bonds. The van der Waals surface area contributed by atoms with E-state index in [1.807, 2.05) is 0 Å². The zero-order chi connectivity index (χ0) is 106. The van der Waals surface area contributed by atoms with Gasteiger partial charge in [-0.05, 0) is 271 Å². The van der Waals surface area contributed by atoms with E-state index in [-0.39, 0.29) is 65.0 Å². The summed E-state index contributed by atoms with van der Waals surface area (Å²) < 4.78 is 0. The summed E-state index contributed by atoms with van der Waals surface area (Å²) in [5, 5.41) is 5.32. The first-order chi connectivity index (χ1) is 65.8. The number of rotatable bonds is 6. The van der Waals surface area contributed by atoms with E-state index in [1.54, 1.807) is 0 Å². The van der Waals surface area contributed by atoms with Crippen LogP contribution in [0.4, 0.5) is 0 Å². The van der Waals surface area contributed by atoms with E-state index >= 15 is 0 Å². The Labute approximate surface area is 868 Å². The molecular formula is C132H168N8Si4. The van der Waals surface area contributed by atoms with Crippen molar-refractivity contribution in [3.63, 3.8) is 0 Å². The molecule has 0 saturated heterocycles. The van der Waals surface area contributed by atoms with Crippen molar-refractivity contribution in [1.29, 1.82) is 0 Å². The summed E-state index contributed by atoms with van der Waals surface area (Å²) in [6, 6.07) is 64.9. The van der Waals surface area contributed by atoms with E-state index in [1.165, 1.54) is 87.5 Å². The number of aromatic nitrogens is 8. The molecule has 11 heterocycles. The van der Waals surface area contributed by atoms with Crippen LogP contribution in [0.5, 0.6) is 0 Å².